The van der Waals surface area contributed by atoms with Crippen LogP contribution in [-0.2, 0) is 14.9 Å². The highest BCUT2D eigenvalue weighted by Gasteiger charge is 2.22. The summed E-state index contributed by atoms with van der Waals surface area (Å²) in [5, 5.41) is 11.2. The third-order valence-corrected chi connectivity index (χ3v) is 5.74. The first-order valence-corrected chi connectivity index (χ1v) is 9.96. The Hall–Kier alpha value is -3.18. The van der Waals surface area contributed by atoms with Gasteiger partial charge in [-0.25, -0.2) is 0 Å². The number of aliphatic imine (C=N–C) groups is 1. The highest BCUT2D eigenvalue weighted by molar-refractivity contribution is 8.18. The minimum absolute atomic E-state index is 0.0199. The predicted octanol–water partition coefficient (Wildman–Crippen LogP) is 2.60. The van der Waals surface area contributed by atoms with Gasteiger partial charge in [0.05, 0.1) is 9.83 Å². The fourth-order valence-corrected chi connectivity index (χ4v) is 3.95. The van der Waals surface area contributed by atoms with Crippen LogP contribution in [0.5, 0.6) is 5.75 Å². The van der Waals surface area contributed by atoms with Crippen molar-refractivity contribution in [2.24, 2.45) is 10.7 Å². The van der Waals surface area contributed by atoms with Crippen molar-refractivity contribution in [3.63, 3.8) is 0 Å². The van der Waals surface area contributed by atoms with Crippen LogP contribution in [0.15, 0.2) is 57.3 Å². The van der Waals surface area contributed by atoms with Crippen molar-refractivity contribution < 1.29 is 22.3 Å². The Labute approximate surface area is 164 Å². The second kappa shape index (κ2) is 7.44. The van der Waals surface area contributed by atoms with Crippen LogP contribution in [0.1, 0.15) is 11.1 Å². The van der Waals surface area contributed by atoms with E-state index in [0.717, 1.165) is 17.8 Å². The SMILES string of the molecule is Cc1ccc(S(=O)(=O)Oc2ccc(/C=C3\SC(N)=NC3=O)cc2)cc1[N+](=O)[O-]. The van der Waals surface area contributed by atoms with Gasteiger partial charge in [0, 0.05) is 11.6 Å². The lowest BCUT2D eigenvalue weighted by atomic mass is 10.2. The second-order valence-corrected chi connectivity index (χ2v) is 8.29. The van der Waals surface area contributed by atoms with E-state index in [1.807, 2.05) is 0 Å². The van der Waals surface area contributed by atoms with E-state index in [2.05, 4.69) is 4.99 Å². The molecule has 0 aromatic heterocycles. The number of nitrogens with two attached hydrogens (primary N) is 1. The van der Waals surface area contributed by atoms with E-state index < -0.39 is 20.9 Å². The number of amidine groups is 1. The number of rotatable bonds is 5. The van der Waals surface area contributed by atoms with Gasteiger partial charge in [-0.1, -0.05) is 18.2 Å². The molecule has 3 rings (SSSR count). The molecule has 0 saturated heterocycles. The first-order valence-electron chi connectivity index (χ1n) is 7.73. The van der Waals surface area contributed by atoms with Crippen LogP contribution < -0.4 is 9.92 Å². The molecule has 0 spiro atoms. The van der Waals surface area contributed by atoms with E-state index in [0.29, 0.717) is 16.0 Å². The molecule has 1 heterocycles. The molecular formula is C17H13N3O6S2. The van der Waals surface area contributed by atoms with Crippen molar-refractivity contribution in [2.45, 2.75) is 11.8 Å². The summed E-state index contributed by atoms with van der Waals surface area (Å²) in [4.78, 5) is 25.6. The largest absolute Gasteiger partial charge is 0.379 e. The molecule has 0 radical (unpaired) electrons. The van der Waals surface area contributed by atoms with Crippen LogP contribution in [0.4, 0.5) is 5.69 Å². The third kappa shape index (κ3) is 4.21. The highest BCUT2D eigenvalue weighted by Crippen LogP contribution is 2.28. The van der Waals surface area contributed by atoms with Crippen LogP contribution >= 0.6 is 11.8 Å². The van der Waals surface area contributed by atoms with Crippen molar-refractivity contribution in [1.29, 1.82) is 0 Å². The summed E-state index contributed by atoms with van der Waals surface area (Å²) >= 11 is 1.04. The molecule has 2 aromatic rings. The number of carbonyl (C=O) groups excluding carboxylic acids is 1. The molecule has 1 aliphatic rings. The van der Waals surface area contributed by atoms with Gasteiger partial charge in [-0.15, -0.1) is 0 Å². The number of amides is 1. The van der Waals surface area contributed by atoms with Crippen molar-refractivity contribution in [3.8, 4) is 5.75 Å². The van der Waals surface area contributed by atoms with E-state index in [4.69, 9.17) is 9.92 Å². The zero-order valence-electron chi connectivity index (χ0n) is 14.4. The van der Waals surface area contributed by atoms with Crippen molar-refractivity contribution in [3.05, 3.63) is 68.6 Å². The molecular weight excluding hydrogens is 406 g/mol. The number of carbonyl (C=O) groups is 1. The maximum absolute atomic E-state index is 12.4. The monoisotopic (exact) mass is 419 g/mol. The quantitative estimate of drug-likeness (QED) is 0.337. The zero-order chi connectivity index (χ0) is 20.5. The molecule has 0 atom stereocenters. The van der Waals surface area contributed by atoms with Crippen LogP contribution in [0, 0.1) is 17.0 Å². The number of benzene rings is 2. The van der Waals surface area contributed by atoms with Gasteiger partial charge in [0.2, 0.25) is 0 Å². The Balaban J connectivity index is 1.80. The topological polar surface area (TPSA) is 142 Å². The van der Waals surface area contributed by atoms with Gasteiger partial charge < -0.3 is 9.92 Å². The molecule has 0 saturated carbocycles. The molecule has 0 unspecified atom stereocenters. The fraction of sp³-hybridized carbons (Fsp3) is 0.0588. The number of thioether (sulfide) groups is 1. The molecule has 1 amide bonds. The van der Waals surface area contributed by atoms with Crippen LogP contribution in [0.25, 0.3) is 6.08 Å². The summed E-state index contributed by atoms with van der Waals surface area (Å²) in [5.74, 6) is -0.419. The molecule has 2 aromatic carbocycles. The first kappa shape index (κ1) is 19.6. The molecule has 0 bridgehead atoms. The molecule has 28 heavy (non-hydrogen) atoms. The number of hydrogen-bond acceptors (Lipinski definition) is 8. The van der Waals surface area contributed by atoms with Gasteiger partial charge in [0.1, 0.15) is 10.6 Å². The van der Waals surface area contributed by atoms with Gasteiger partial charge in [0.15, 0.2) is 5.17 Å². The third-order valence-electron chi connectivity index (χ3n) is 3.69. The average Bonchev–Trinajstić information content (AvgIpc) is 2.93. The second-order valence-electron chi connectivity index (χ2n) is 5.68. The number of nitro benzene ring substituents is 1. The molecule has 0 fully saturated rings. The number of nitrogens with zero attached hydrogens (tertiary/aromatic N) is 2. The molecule has 1 aliphatic heterocycles. The predicted molar refractivity (Wildman–Crippen MR) is 104 cm³/mol. The Bertz CT molecular complexity index is 1140. The lowest BCUT2D eigenvalue weighted by molar-refractivity contribution is -0.385. The van der Waals surface area contributed by atoms with Crippen molar-refractivity contribution >= 4 is 44.7 Å². The minimum atomic E-state index is -4.25. The smallest absolute Gasteiger partial charge is 0.339 e. The van der Waals surface area contributed by atoms with Crippen molar-refractivity contribution in [2.75, 3.05) is 0 Å². The summed E-state index contributed by atoms with van der Waals surface area (Å²) in [6, 6.07) is 9.45. The number of aryl methyl sites for hydroxylation is 1. The molecule has 9 nitrogen and oxygen atoms in total. The van der Waals surface area contributed by atoms with E-state index in [-0.39, 0.29) is 21.5 Å². The summed E-state index contributed by atoms with van der Waals surface area (Å²) in [5.41, 5.74) is 6.13. The maximum atomic E-state index is 12.4. The van der Waals surface area contributed by atoms with Gasteiger partial charge in [-0.05, 0) is 48.5 Å². The van der Waals surface area contributed by atoms with E-state index in [1.165, 1.54) is 31.2 Å². The summed E-state index contributed by atoms with van der Waals surface area (Å²) < 4.78 is 29.8. The molecule has 11 heteroatoms. The van der Waals surface area contributed by atoms with Gasteiger partial charge in [-0.3, -0.25) is 14.9 Å². The standard InChI is InChI=1S/C17H13N3O6S2/c1-10-2-7-13(9-14(10)20(22)23)28(24,25)26-12-5-3-11(4-6-12)8-15-16(21)19-17(18)27-15/h2-9H,1H3,(H2,18,19,21)/b15-8-. The summed E-state index contributed by atoms with van der Waals surface area (Å²) in [6.07, 6.45) is 1.57. The summed E-state index contributed by atoms with van der Waals surface area (Å²) in [7, 11) is -4.25. The normalized spacial score (nSPS) is 15.5. The first-order chi connectivity index (χ1) is 13.2. The number of hydrogen-bond donors (Lipinski definition) is 1. The Morgan fingerprint density at radius 2 is 1.89 bits per heavy atom. The molecule has 144 valence electrons. The Morgan fingerprint density at radius 3 is 2.46 bits per heavy atom. The number of nitro groups is 1. The Kier molecular flexibility index (Phi) is 5.21. The van der Waals surface area contributed by atoms with E-state index in [9.17, 15) is 23.3 Å². The Morgan fingerprint density at radius 1 is 1.21 bits per heavy atom. The fourth-order valence-electron chi connectivity index (χ4n) is 2.31. The van der Waals surface area contributed by atoms with E-state index >= 15 is 0 Å². The van der Waals surface area contributed by atoms with Gasteiger partial charge in [-0.2, -0.15) is 13.4 Å². The molecule has 0 aliphatic carbocycles. The van der Waals surface area contributed by atoms with Crippen molar-refractivity contribution in [1.82, 2.24) is 0 Å². The highest BCUT2D eigenvalue weighted by atomic mass is 32.2. The van der Waals surface area contributed by atoms with Crippen LogP contribution in [0.3, 0.4) is 0 Å². The lowest BCUT2D eigenvalue weighted by Crippen LogP contribution is -2.10. The van der Waals surface area contributed by atoms with Gasteiger partial charge >= 0.3 is 10.1 Å². The summed E-state index contributed by atoms with van der Waals surface area (Å²) in [6.45, 7) is 1.51. The zero-order valence-corrected chi connectivity index (χ0v) is 16.0. The molecule has 2 N–H and O–H groups in total. The minimum Gasteiger partial charge on any atom is -0.379 e. The van der Waals surface area contributed by atoms with E-state index in [1.54, 1.807) is 18.2 Å². The lowest BCUT2D eigenvalue weighted by Gasteiger charge is -2.08. The maximum Gasteiger partial charge on any atom is 0.339 e. The van der Waals surface area contributed by atoms with Crippen LogP contribution in [0.2, 0.25) is 0 Å². The van der Waals surface area contributed by atoms with Crippen LogP contribution in [-0.4, -0.2) is 24.4 Å². The van der Waals surface area contributed by atoms with Gasteiger partial charge in [0.25, 0.3) is 11.6 Å². The average molecular weight is 419 g/mol.